The van der Waals surface area contributed by atoms with Crippen molar-refractivity contribution in [1.29, 1.82) is 0 Å². The Balaban J connectivity index is 2.20. The number of carboxylic acid groups (broad SMARTS) is 1. The minimum atomic E-state index is -1.20. The molecular weight excluding hydrogens is 251 g/mol. The SMILES string of the molecule is Cn1ccc(CNc2cc(C(=O)O)c(N)cc2F)n1. The number of benzene rings is 1. The van der Waals surface area contributed by atoms with E-state index >= 15 is 0 Å². The predicted molar refractivity (Wildman–Crippen MR) is 68.3 cm³/mol. The number of rotatable bonds is 4. The zero-order valence-corrected chi connectivity index (χ0v) is 10.2. The maximum absolute atomic E-state index is 13.6. The van der Waals surface area contributed by atoms with Crippen molar-refractivity contribution in [2.45, 2.75) is 6.54 Å². The zero-order chi connectivity index (χ0) is 14.0. The third-order valence-electron chi connectivity index (χ3n) is 2.60. The van der Waals surface area contributed by atoms with Crippen LogP contribution in [0.5, 0.6) is 0 Å². The largest absolute Gasteiger partial charge is 0.478 e. The predicted octanol–water partition coefficient (Wildman–Crippen LogP) is 1.45. The lowest BCUT2D eigenvalue weighted by Crippen LogP contribution is -2.08. The molecule has 0 bridgehead atoms. The van der Waals surface area contributed by atoms with Crippen molar-refractivity contribution < 1.29 is 14.3 Å². The van der Waals surface area contributed by atoms with Crippen LogP contribution in [0.2, 0.25) is 0 Å². The number of carbonyl (C=O) groups is 1. The van der Waals surface area contributed by atoms with E-state index < -0.39 is 11.8 Å². The smallest absolute Gasteiger partial charge is 0.337 e. The van der Waals surface area contributed by atoms with Gasteiger partial charge < -0.3 is 16.2 Å². The van der Waals surface area contributed by atoms with Crippen LogP contribution in [0.3, 0.4) is 0 Å². The Kier molecular flexibility index (Phi) is 3.37. The van der Waals surface area contributed by atoms with Crippen LogP contribution in [0.4, 0.5) is 15.8 Å². The van der Waals surface area contributed by atoms with Crippen LogP contribution in [-0.2, 0) is 13.6 Å². The lowest BCUT2D eigenvalue weighted by atomic mass is 10.1. The summed E-state index contributed by atoms with van der Waals surface area (Å²) in [5.74, 6) is -1.79. The van der Waals surface area contributed by atoms with Gasteiger partial charge in [0.25, 0.3) is 0 Å². The van der Waals surface area contributed by atoms with Crippen LogP contribution >= 0.6 is 0 Å². The molecule has 19 heavy (non-hydrogen) atoms. The van der Waals surface area contributed by atoms with Crippen molar-refractivity contribution in [2.75, 3.05) is 11.1 Å². The molecule has 6 nitrogen and oxygen atoms in total. The number of hydrogen-bond donors (Lipinski definition) is 3. The first kappa shape index (κ1) is 12.9. The summed E-state index contributed by atoms with van der Waals surface area (Å²) in [5.41, 5.74) is 6.00. The molecule has 0 unspecified atom stereocenters. The Labute approximate surface area is 108 Å². The van der Waals surface area contributed by atoms with Gasteiger partial charge in [0.05, 0.1) is 23.5 Å². The summed E-state index contributed by atoms with van der Waals surface area (Å²) < 4.78 is 15.3. The highest BCUT2D eigenvalue weighted by Gasteiger charge is 2.13. The second-order valence-electron chi connectivity index (χ2n) is 4.06. The van der Waals surface area contributed by atoms with E-state index in [1.165, 1.54) is 6.07 Å². The van der Waals surface area contributed by atoms with E-state index in [-0.39, 0.29) is 16.9 Å². The van der Waals surface area contributed by atoms with Crippen molar-refractivity contribution in [3.63, 3.8) is 0 Å². The van der Waals surface area contributed by atoms with E-state index in [0.29, 0.717) is 6.54 Å². The molecule has 0 aliphatic heterocycles. The van der Waals surface area contributed by atoms with Gasteiger partial charge in [0.15, 0.2) is 0 Å². The monoisotopic (exact) mass is 264 g/mol. The van der Waals surface area contributed by atoms with Gasteiger partial charge >= 0.3 is 5.97 Å². The van der Waals surface area contributed by atoms with Crippen molar-refractivity contribution in [1.82, 2.24) is 9.78 Å². The summed E-state index contributed by atoms with van der Waals surface area (Å²) in [4.78, 5) is 10.9. The molecule has 7 heteroatoms. The number of hydrogen-bond acceptors (Lipinski definition) is 4. The van der Waals surface area contributed by atoms with Gasteiger partial charge in [0, 0.05) is 18.9 Å². The number of anilines is 2. The highest BCUT2D eigenvalue weighted by Crippen LogP contribution is 2.22. The topological polar surface area (TPSA) is 93.2 Å². The molecule has 0 amide bonds. The quantitative estimate of drug-likeness (QED) is 0.727. The van der Waals surface area contributed by atoms with Crippen LogP contribution in [0, 0.1) is 5.82 Å². The fourth-order valence-corrected chi connectivity index (χ4v) is 1.65. The van der Waals surface area contributed by atoms with Gasteiger partial charge in [0.2, 0.25) is 0 Å². The molecule has 100 valence electrons. The number of carboxylic acids is 1. The maximum Gasteiger partial charge on any atom is 0.337 e. The van der Waals surface area contributed by atoms with Gasteiger partial charge in [-0.2, -0.15) is 5.10 Å². The molecule has 0 saturated carbocycles. The van der Waals surface area contributed by atoms with Gasteiger partial charge in [0.1, 0.15) is 5.82 Å². The van der Waals surface area contributed by atoms with Gasteiger partial charge in [-0.05, 0) is 18.2 Å². The summed E-state index contributed by atoms with van der Waals surface area (Å²) in [6.45, 7) is 0.292. The van der Waals surface area contributed by atoms with Crippen molar-refractivity contribution >= 4 is 17.3 Å². The van der Waals surface area contributed by atoms with Crippen molar-refractivity contribution in [2.24, 2.45) is 7.05 Å². The highest BCUT2D eigenvalue weighted by molar-refractivity contribution is 5.94. The number of nitrogens with one attached hydrogen (secondary N) is 1. The number of aromatic carboxylic acids is 1. The molecule has 0 aliphatic rings. The summed E-state index contributed by atoms with van der Waals surface area (Å²) in [5, 5.41) is 15.8. The van der Waals surface area contributed by atoms with Crippen LogP contribution < -0.4 is 11.1 Å². The van der Waals surface area contributed by atoms with Gasteiger partial charge in [-0.3, -0.25) is 4.68 Å². The van der Waals surface area contributed by atoms with Crippen molar-refractivity contribution in [3.05, 3.63) is 41.5 Å². The normalized spacial score (nSPS) is 10.4. The lowest BCUT2D eigenvalue weighted by Gasteiger charge is -2.09. The van der Waals surface area contributed by atoms with Crippen LogP contribution in [0.15, 0.2) is 24.4 Å². The Hall–Kier alpha value is -2.57. The average molecular weight is 264 g/mol. The minimum Gasteiger partial charge on any atom is -0.478 e. The van der Waals surface area contributed by atoms with E-state index in [1.807, 2.05) is 0 Å². The van der Waals surface area contributed by atoms with Crippen LogP contribution in [0.25, 0.3) is 0 Å². The summed E-state index contributed by atoms with van der Waals surface area (Å²) in [7, 11) is 1.77. The second-order valence-corrected chi connectivity index (χ2v) is 4.06. The number of nitrogen functional groups attached to an aromatic ring is 1. The molecule has 1 aromatic heterocycles. The number of aryl methyl sites for hydroxylation is 1. The fraction of sp³-hybridized carbons (Fsp3) is 0.167. The fourth-order valence-electron chi connectivity index (χ4n) is 1.65. The Morgan fingerprint density at radius 1 is 1.58 bits per heavy atom. The first-order valence-electron chi connectivity index (χ1n) is 5.52. The van der Waals surface area contributed by atoms with Crippen LogP contribution in [-0.4, -0.2) is 20.9 Å². The lowest BCUT2D eigenvalue weighted by molar-refractivity contribution is 0.0698. The number of aromatic nitrogens is 2. The Morgan fingerprint density at radius 2 is 2.32 bits per heavy atom. The van der Waals surface area contributed by atoms with E-state index in [4.69, 9.17) is 10.8 Å². The summed E-state index contributed by atoms with van der Waals surface area (Å²) in [6.07, 6.45) is 1.76. The minimum absolute atomic E-state index is 0.0808. The third-order valence-corrected chi connectivity index (χ3v) is 2.60. The second kappa shape index (κ2) is 4.97. The molecule has 0 radical (unpaired) electrons. The molecule has 0 spiro atoms. The first-order valence-corrected chi connectivity index (χ1v) is 5.52. The molecule has 0 aliphatic carbocycles. The molecule has 0 saturated heterocycles. The molecule has 0 fully saturated rings. The highest BCUT2D eigenvalue weighted by atomic mass is 19.1. The van der Waals surface area contributed by atoms with Gasteiger partial charge in [-0.15, -0.1) is 0 Å². The molecular formula is C12H13FN4O2. The number of halogens is 1. The summed E-state index contributed by atoms with van der Waals surface area (Å²) in [6, 6.07) is 3.94. The van der Waals surface area contributed by atoms with Crippen molar-refractivity contribution in [3.8, 4) is 0 Å². The molecule has 4 N–H and O–H groups in total. The number of nitrogens with zero attached hydrogens (tertiary/aromatic N) is 2. The molecule has 2 rings (SSSR count). The standard InChI is InChI=1S/C12H13FN4O2/c1-17-3-2-7(16-17)6-15-11-4-8(12(18)19)10(14)5-9(11)13/h2-5,15H,6,14H2,1H3,(H,18,19). The van der Waals surface area contributed by atoms with E-state index in [9.17, 15) is 9.18 Å². The van der Waals surface area contributed by atoms with Gasteiger partial charge in [-0.25, -0.2) is 9.18 Å². The Morgan fingerprint density at radius 3 is 2.89 bits per heavy atom. The van der Waals surface area contributed by atoms with Gasteiger partial charge in [-0.1, -0.05) is 0 Å². The molecule has 2 aromatic rings. The van der Waals surface area contributed by atoms with Crippen LogP contribution in [0.1, 0.15) is 16.1 Å². The zero-order valence-electron chi connectivity index (χ0n) is 10.2. The molecule has 0 atom stereocenters. The molecule has 1 aromatic carbocycles. The average Bonchev–Trinajstić information content (AvgIpc) is 2.73. The first-order chi connectivity index (χ1) is 8.97. The van der Waals surface area contributed by atoms with E-state index in [0.717, 1.165) is 11.8 Å². The third kappa shape index (κ3) is 2.82. The van der Waals surface area contributed by atoms with E-state index in [1.54, 1.807) is 24.0 Å². The molecule has 1 heterocycles. The Bertz CT molecular complexity index is 624. The summed E-state index contributed by atoms with van der Waals surface area (Å²) >= 11 is 0. The van der Waals surface area contributed by atoms with E-state index in [2.05, 4.69) is 10.4 Å². The number of nitrogens with two attached hydrogens (primary N) is 1. The maximum atomic E-state index is 13.6.